The summed E-state index contributed by atoms with van der Waals surface area (Å²) < 4.78 is 5.24. The number of nitrogens with one attached hydrogen (secondary N) is 2. The van der Waals surface area contributed by atoms with E-state index in [9.17, 15) is 4.79 Å². The van der Waals surface area contributed by atoms with Crippen LogP contribution >= 0.6 is 11.8 Å². The molecule has 0 saturated heterocycles. The molecule has 3 atom stereocenters. The summed E-state index contributed by atoms with van der Waals surface area (Å²) in [6.07, 6.45) is 7.03. The molecule has 1 saturated carbocycles. The van der Waals surface area contributed by atoms with Crippen LogP contribution in [0.2, 0.25) is 0 Å². The van der Waals surface area contributed by atoms with Crippen molar-refractivity contribution in [1.29, 1.82) is 0 Å². The summed E-state index contributed by atoms with van der Waals surface area (Å²) >= 11 is 1.95. The summed E-state index contributed by atoms with van der Waals surface area (Å²) in [5.41, 5.74) is -0.436. The van der Waals surface area contributed by atoms with Crippen LogP contribution in [0.3, 0.4) is 0 Å². The fraction of sp³-hybridized carbons (Fsp3) is 0.933. The van der Waals surface area contributed by atoms with Gasteiger partial charge < -0.3 is 15.4 Å². The number of amides is 1. The molecular formula is C15H30N2O2S. The number of carbonyl (C=O) groups excluding carboxylic acids is 1. The molecule has 118 valence electrons. The van der Waals surface area contributed by atoms with Crippen LogP contribution in [0.4, 0.5) is 4.79 Å². The van der Waals surface area contributed by atoms with E-state index in [1.807, 2.05) is 32.5 Å². The molecule has 0 radical (unpaired) electrons. The number of carbonyl (C=O) groups is 1. The van der Waals surface area contributed by atoms with Crippen LogP contribution in [-0.2, 0) is 4.74 Å². The van der Waals surface area contributed by atoms with Gasteiger partial charge in [-0.3, -0.25) is 0 Å². The molecule has 0 aromatic carbocycles. The normalized spacial score (nSPS) is 25.1. The Morgan fingerprint density at radius 3 is 2.60 bits per heavy atom. The van der Waals surface area contributed by atoms with Crippen molar-refractivity contribution in [1.82, 2.24) is 10.6 Å². The maximum absolute atomic E-state index is 11.6. The molecule has 0 heterocycles. The number of ether oxygens (including phenoxy) is 1. The SMILES string of the molecule is CSC1CCCCC1NC(C)CNC(=O)OC(C)(C)C. The van der Waals surface area contributed by atoms with Crippen LogP contribution in [0.5, 0.6) is 0 Å². The van der Waals surface area contributed by atoms with Crippen molar-refractivity contribution in [3.05, 3.63) is 0 Å². The minimum atomic E-state index is -0.436. The second kappa shape index (κ2) is 8.13. The third-order valence-electron chi connectivity index (χ3n) is 3.46. The molecular weight excluding hydrogens is 272 g/mol. The van der Waals surface area contributed by atoms with E-state index in [-0.39, 0.29) is 12.1 Å². The zero-order chi connectivity index (χ0) is 15.2. The summed E-state index contributed by atoms with van der Waals surface area (Å²) in [5, 5.41) is 7.18. The minimum absolute atomic E-state index is 0.264. The van der Waals surface area contributed by atoms with Crippen LogP contribution in [-0.4, -0.2) is 41.8 Å². The van der Waals surface area contributed by atoms with Crippen LogP contribution in [0, 0.1) is 0 Å². The molecule has 0 aromatic rings. The fourth-order valence-corrected chi connectivity index (χ4v) is 3.49. The van der Waals surface area contributed by atoms with Gasteiger partial charge in [0.2, 0.25) is 0 Å². The third-order valence-corrected chi connectivity index (χ3v) is 4.63. The highest BCUT2D eigenvalue weighted by Crippen LogP contribution is 2.27. The number of hydrogen-bond donors (Lipinski definition) is 2. The lowest BCUT2D eigenvalue weighted by Crippen LogP contribution is -2.49. The lowest BCUT2D eigenvalue weighted by atomic mass is 9.94. The van der Waals surface area contributed by atoms with Gasteiger partial charge in [-0.1, -0.05) is 12.8 Å². The summed E-state index contributed by atoms with van der Waals surface area (Å²) in [6.45, 7) is 8.34. The van der Waals surface area contributed by atoms with E-state index in [0.717, 1.165) is 0 Å². The van der Waals surface area contributed by atoms with Crippen molar-refractivity contribution in [3.8, 4) is 0 Å². The molecule has 0 spiro atoms. The molecule has 0 aliphatic heterocycles. The maximum atomic E-state index is 11.6. The monoisotopic (exact) mass is 302 g/mol. The van der Waals surface area contributed by atoms with Crippen molar-refractivity contribution in [2.24, 2.45) is 0 Å². The summed E-state index contributed by atoms with van der Waals surface area (Å²) in [4.78, 5) is 11.6. The zero-order valence-electron chi connectivity index (χ0n) is 13.5. The summed E-state index contributed by atoms with van der Waals surface area (Å²) in [7, 11) is 0. The first-order chi connectivity index (χ1) is 9.31. The predicted molar refractivity (Wildman–Crippen MR) is 86.4 cm³/mol. The van der Waals surface area contributed by atoms with Crippen molar-refractivity contribution in [3.63, 3.8) is 0 Å². The molecule has 0 bridgehead atoms. The van der Waals surface area contributed by atoms with Gasteiger partial charge in [-0.2, -0.15) is 11.8 Å². The lowest BCUT2D eigenvalue weighted by Gasteiger charge is -2.33. The maximum Gasteiger partial charge on any atom is 0.407 e. The minimum Gasteiger partial charge on any atom is -0.444 e. The highest BCUT2D eigenvalue weighted by molar-refractivity contribution is 7.99. The summed E-state index contributed by atoms with van der Waals surface area (Å²) in [6, 6.07) is 0.828. The molecule has 20 heavy (non-hydrogen) atoms. The van der Waals surface area contributed by atoms with E-state index in [1.54, 1.807) is 0 Å². The average molecular weight is 302 g/mol. The second-order valence-electron chi connectivity index (χ2n) is 6.62. The van der Waals surface area contributed by atoms with E-state index in [2.05, 4.69) is 23.8 Å². The molecule has 2 N–H and O–H groups in total. The van der Waals surface area contributed by atoms with Gasteiger partial charge in [0.05, 0.1) is 0 Å². The third kappa shape index (κ3) is 6.84. The Labute approximate surface area is 127 Å². The molecule has 4 nitrogen and oxygen atoms in total. The molecule has 1 fully saturated rings. The molecule has 3 unspecified atom stereocenters. The Morgan fingerprint density at radius 1 is 1.35 bits per heavy atom. The van der Waals surface area contributed by atoms with E-state index < -0.39 is 5.60 Å². The molecule has 1 aliphatic carbocycles. The average Bonchev–Trinajstić information content (AvgIpc) is 2.35. The number of thioether (sulfide) groups is 1. The van der Waals surface area contributed by atoms with E-state index in [0.29, 0.717) is 17.8 Å². The Balaban J connectivity index is 2.28. The van der Waals surface area contributed by atoms with Crippen LogP contribution in [0.25, 0.3) is 0 Å². The quantitative estimate of drug-likeness (QED) is 0.819. The van der Waals surface area contributed by atoms with E-state index >= 15 is 0 Å². The number of alkyl carbamates (subject to hydrolysis) is 1. The zero-order valence-corrected chi connectivity index (χ0v) is 14.3. The molecule has 0 aromatic heterocycles. The van der Waals surface area contributed by atoms with Gasteiger partial charge in [0, 0.05) is 23.9 Å². The van der Waals surface area contributed by atoms with Crippen molar-refractivity contribution in [2.45, 2.75) is 76.3 Å². The van der Waals surface area contributed by atoms with Crippen LogP contribution < -0.4 is 10.6 Å². The topological polar surface area (TPSA) is 50.4 Å². The Hall–Kier alpha value is -0.420. The molecule has 1 aliphatic rings. The number of rotatable bonds is 5. The first kappa shape index (κ1) is 17.6. The highest BCUT2D eigenvalue weighted by Gasteiger charge is 2.25. The standard InChI is InChI=1S/C15H30N2O2S/c1-11(10-16-14(18)19-15(2,3)4)17-12-8-6-7-9-13(12)20-5/h11-13,17H,6-10H2,1-5H3,(H,16,18). The Morgan fingerprint density at radius 2 is 2.00 bits per heavy atom. The van der Waals surface area contributed by atoms with Crippen molar-refractivity contribution in [2.75, 3.05) is 12.8 Å². The smallest absolute Gasteiger partial charge is 0.407 e. The number of hydrogen-bond acceptors (Lipinski definition) is 4. The van der Waals surface area contributed by atoms with Gasteiger partial charge in [0.15, 0.2) is 0 Å². The molecule has 1 amide bonds. The predicted octanol–water partition coefficient (Wildman–Crippen LogP) is 3.16. The van der Waals surface area contributed by atoms with Crippen molar-refractivity contribution >= 4 is 17.9 Å². The lowest BCUT2D eigenvalue weighted by molar-refractivity contribution is 0.0522. The molecule has 1 rings (SSSR count). The Kier molecular flexibility index (Phi) is 7.17. The van der Waals surface area contributed by atoms with Gasteiger partial charge in [-0.15, -0.1) is 0 Å². The Bertz CT molecular complexity index is 305. The van der Waals surface area contributed by atoms with Gasteiger partial charge in [-0.05, 0) is 46.8 Å². The first-order valence-electron chi connectivity index (χ1n) is 7.57. The molecule has 5 heteroatoms. The van der Waals surface area contributed by atoms with E-state index in [1.165, 1.54) is 25.7 Å². The van der Waals surface area contributed by atoms with Gasteiger partial charge in [-0.25, -0.2) is 4.79 Å². The van der Waals surface area contributed by atoms with Crippen LogP contribution in [0.15, 0.2) is 0 Å². The first-order valence-corrected chi connectivity index (χ1v) is 8.86. The highest BCUT2D eigenvalue weighted by atomic mass is 32.2. The van der Waals surface area contributed by atoms with Gasteiger partial charge in [0.25, 0.3) is 0 Å². The fourth-order valence-electron chi connectivity index (χ4n) is 2.54. The van der Waals surface area contributed by atoms with Crippen molar-refractivity contribution < 1.29 is 9.53 Å². The second-order valence-corrected chi connectivity index (χ2v) is 7.69. The van der Waals surface area contributed by atoms with Crippen LogP contribution in [0.1, 0.15) is 53.4 Å². The summed E-state index contributed by atoms with van der Waals surface area (Å²) in [5.74, 6) is 0. The van der Waals surface area contributed by atoms with E-state index in [4.69, 9.17) is 4.74 Å². The van der Waals surface area contributed by atoms with Gasteiger partial charge in [0.1, 0.15) is 5.60 Å². The van der Waals surface area contributed by atoms with Gasteiger partial charge >= 0.3 is 6.09 Å². The largest absolute Gasteiger partial charge is 0.444 e.